The van der Waals surface area contributed by atoms with Crippen LogP contribution in [0.4, 0.5) is 11.5 Å². The smallest absolute Gasteiger partial charge is 0.150 e. The fraction of sp³-hybridized carbons (Fsp3) is 0.400. The normalized spacial score (nSPS) is 14.5. The Balaban J connectivity index is 1.97. The number of rotatable bonds is 2. The number of hydrogen-bond donors (Lipinski definition) is 1. The highest BCUT2D eigenvalue weighted by molar-refractivity contribution is 5.67. The first-order chi connectivity index (χ1) is 9.20. The minimum absolute atomic E-state index is 0.821. The predicted molar refractivity (Wildman–Crippen MR) is 78.2 cm³/mol. The SMILES string of the molecule is CCn1nc(C)c(N)c1N1CCc2ccccc2C1. The molecule has 0 aliphatic carbocycles. The Morgan fingerprint density at radius 1 is 1.26 bits per heavy atom. The van der Waals surface area contributed by atoms with Gasteiger partial charge in [0.15, 0.2) is 5.82 Å². The molecule has 1 aliphatic rings. The number of hydrogen-bond acceptors (Lipinski definition) is 3. The number of nitrogen functional groups attached to an aromatic ring is 1. The number of benzene rings is 1. The summed E-state index contributed by atoms with van der Waals surface area (Å²) < 4.78 is 2.01. The second kappa shape index (κ2) is 4.61. The van der Waals surface area contributed by atoms with Crippen molar-refractivity contribution in [3.8, 4) is 0 Å². The summed E-state index contributed by atoms with van der Waals surface area (Å²) in [6.07, 6.45) is 1.07. The summed E-state index contributed by atoms with van der Waals surface area (Å²) in [7, 11) is 0. The first kappa shape index (κ1) is 12.1. The van der Waals surface area contributed by atoms with Crippen LogP contribution in [0.15, 0.2) is 24.3 Å². The molecule has 3 rings (SSSR count). The highest BCUT2D eigenvalue weighted by Gasteiger charge is 2.22. The van der Waals surface area contributed by atoms with Crippen LogP contribution >= 0.6 is 0 Å². The van der Waals surface area contributed by atoms with Gasteiger partial charge >= 0.3 is 0 Å². The molecule has 0 saturated heterocycles. The van der Waals surface area contributed by atoms with E-state index < -0.39 is 0 Å². The number of fused-ring (bicyclic) bond motifs is 1. The fourth-order valence-corrected chi connectivity index (χ4v) is 2.81. The van der Waals surface area contributed by atoms with E-state index in [1.165, 1.54) is 11.1 Å². The van der Waals surface area contributed by atoms with Gasteiger partial charge in [0.05, 0.1) is 11.4 Å². The van der Waals surface area contributed by atoms with Gasteiger partial charge in [0.25, 0.3) is 0 Å². The maximum Gasteiger partial charge on any atom is 0.150 e. The molecule has 2 N–H and O–H groups in total. The summed E-state index contributed by atoms with van der Waals surface area (Å²) in [6, 6.07) is 8.65. The first-order valence-electron chi connectivity index (χ1n) is 6.85. The largest absolute Gasteiger partial charge is 0.394 e. The summed E-state index contributed by atoms with van der Waals surface area (Å²) in [4.78, 5) is 2.35. The average molecular weight is 256 g/mol. The van der Waals surface area contributed by atoms with Gasteiger partial charge in [-0.05, 0) is 31.4 Å². The maximum atomic E-state index is 6.20. The lowest BCUT2D eigenvalue weighted by molar-refractivity contribution is 0.616. The molecule has 1 aromatic heterocycles. The monoisotopic (exact) mass is 256 g/mol. The van der Waals surface area contributed by atoms with E-state index in [0.29, 0.717) is 0 Å². The zero-order valence-electron chi connectivity index (χ0n) is 11.6. The van der Waals surface area contributed by atoms with Crippen molar-refractivity contribution in [3.63, 3.8) is 0 Å². The quantitative estimate of drug-likeness (QED) is 0.897. The topological polar surface area (TPSA) is 47.1 Å². The lowest BCUT2D eigenvalue weighted by Gasteiger charge is -2.31. The van der Waals surface area contributed by atoms with Gasteiger partial charge in [-0.25, -0.2) is 4.68 Å². The van der Waals surface area contributed by atoms with E-state index in [0.717, 1.165) is 43.3 Å². The molecule has 1 aromatic carbocycles. The van der Waals surface area contributed by atoms with E-state index in [1.807, 2.05) is 11.6 Å². The maximum absolute atomic E-state index is 6.20. The Morgan fingerprint density at radius 3 is 2.74 bits per heavy atom. The van der Waals surface area contributed by atoms with Gasteiger partial charge in [-0.15, -0.1) is 0 Å². The third-order valence-electron chi connectivity index (χ3n) is 3.88. The van der Waals surface area contributed by atoms with E-state index in [-0.39, 0.29) is 0 Å². The van der Waals surface area contributed by atoms with Gasteiger partial charge < -0.3 is 10.6 Å². The van der Waals surface area contributed by atoms with Crippen molar-refractivity contribution in [2.75, 3.05) is 17.2 Å². The van der Waals surface area contributed by atoms with Crippen LogP contribution in [0.3, 0.4) is 0 Å². The number of aromatic nitrogens is 2. The third kappa shape index (κ3) is 1.97. The van der Waals surface area contributed by atoms with Gasteiger partial charge in [0.1, 0.15) is 0 Å². The van der Waals surface area contributed by atoms with Gasteiger partial charge in [-0.1, -0.05) is 24.3 Å². The lowest BCUT2D eigenvalue weighted by atomic mass is 10.00. The average Bonchev–Trinajstić information content (AvgIpc) is 2.74. The molecule has 0 fully saturated rings. The molecule has 4 heteroatoms. The summed E-state index contributed by atoms with van der Waals surface area (Å²) >= 11 is 0. The lowest BCUT2D eigenvalue weighted by Crippen LogP contribution is -2.32. The third-order valence-corrected chi connectivity index (χ3v) is 3.88. The molecule has 0 bridgehead atoms. The Kier molecular flexibility index (Phi) is 2.93. The highest BCUT2D eigenvalue weighted by Crippen LogP contribution is 2.30. The minimum Gasteiger partial charge on any atom is -0.394 e. The predicted octanol–water partition coefficient (Wildman–Crippen LogP) is 2.36. The van der Waals surface area contributed by atoms with E-state index >= 15 is 0 Å². The fourth-order valence-electron chi connectivity index (χ4n) is 2.81. The molecule has 0 spiro atoms. The second-order valence-corrected chi connectivity index (χ2v) is 5.08. The summed E-state index contributed by atoms with van der Waals surface area (Å²) in [5.74, 6) is 1.08. The number of nitrogens with two attached hydrogens (primary N) is 1. The summed E-state index contributed by atoms with van der Waals surface area (Å²) in [6.45, 7) is 6.86. The van der Waals surface area contributed by atoms with Crippen molar-refractivity contribution in [1.29, 1.82) is 0 Å². The minimum atomic E-state index is 0.821. The molecular weight excluding hydrogens is 236 g/mol. The van der Waals surface area contributed by atoms with Crippen LogP contribution in [-0.4, -0.2) is 16.3 Å². The van der Waals surface area contributed by atoms with Gasteiger partial charge in [0.2, 0.25) is 0 Å². The Bertz CT molecular complexity index is 600. The number of anilines is 2. The molecule has 1 aliphatic heterocycles. The second-order valence-electron chi connectivity index (χ2n) is 5.08. The molecule has 0 saturated carbocycles. The Labute approximate surface area is 113 Å². The first-order valence-corrected chi connectivity index (χ1v) is 6.85. The zero-order chi connectivity index (χ0) is 13.4. The molecule has 0 atom stereocenters. The molecule has 2 heterocycles. The van der Waals surface area contributed by atoms with Gasteiger partial charge in [0, 0.05) is 19.6 Å². The number of aryl methyl sites for hydroxylation is 2. The van der Waals surface area contributed by atoms with Crippen LogP contribution in [0.25, 0.3) is 0 Å². The van der Waals surface area contributed by atoms with E-state index in [9.17, 15) is 0 Å². The van der Waals surface area contributed by atoms with Crippen molar-refractivity contribution in [2.24, 2.45) is 0 Å². The van der Waals surface area contributed by atoms with Gasteiger partial charge in [-0.2, -0.15) is 5.10 Å². The van der Waals surface area contributed by atoms with Crippen LogP contribution in [-0.2, 0) is 19.5 Å². The molecule has 2 aromatic rings. The van der Waals surface area contributed by atoms with Crippen molar-refractivity contribution < 1.29 is 0 Å². The van der Waals surface area contributed by atoms with Crippen LogP contribution < -0.4 is 10.6 Å². The van der Waals surface area contributed by atoms with Crippen LogP contribution in [0, 0.1) is 6.92 Å². The van der Waals surface area contributed by atoms with Crippen LogP contribution in [0.2, 0.25) is 0 Å². The molecule has 100 valence electrons. The van der Waals surface area contributed by atoms with Crippen LogP contribution in [0.1, 0.15) is 23.7 Å². The standard InChI is InChI=1S/C15H20N4/c1-3-19-15(14(16)11(2)17-19)18-9-8-12-6-4-5-7-13(12)10-18/h4-7H,3,8-10,16H2,1-2H3. The van der Waals surface area contributed by atoms with E-state index in [4.69, 9.17) is 5.73 Å². The summed E-state index contributed by atoms with van der Waals surface area (Å²) in [5, 5.41) is 4.51. The molecule has 0 unspecified atom stereocenters. The molecular formula is C15H20N4. The Hall–Kier alpha value is -1.97. The molecule has 0 radical (unpaired) electrons. The van der Waals surface area contributed by atoms with Crippen molar-refractivity contribution in [2.45, 2.75) is 33.4 Å². The molecule has 19 heavy (non-hydrogen) atoms. The highest BCUT2D eigenvalue weighted by atomic mass is 15.4. The van der Waals surface area contributed by atoms with Crippen molar-refractivity contribution in [1.82, 2.24) is 9.78 Å². The van der Waals surface area contributed by atoms with E-state index in [2.05, 4.69) is 41.2 Å². The van der Waals surface area contributed by atoms with Crippen molar-refractivity contribution >= 4 is 11.5 Å². The van der Waals surface area contributed by atoms with E-state index in [1.54, 1.807) is 0 Å². The number of nitrogens with zero attached hydrogens (tertiary/aromatic N) is 3. The van der Waals surface area contributed by atoms with Crippen molar-refractivity contribution in [3.05, 3.63) is 41.1 Å². The molecule has 0 amide bonds. The van der Waals surface area contributed by atoms with Crippen LogP contribution in [0.5, 0.6) is 0 Å². The Morgan fingerprint density at radius 2 is 2.00 bits per heavy atom. The summed E-state index contributed by atoms with van der Waals surface area (Å²) in [5.41, 5.74) is 10.8. The zero-order valence-corrected chi connectivity index (χ0v) is 11.6. The van der Waals surface area contributed by atoms with Gasteiger partial charge in [-0.3, -0.25) is 0 Å². The molecule has 4 nitrogen and oxygen atoms in total.